The van der Waals surface area contributed by atoms with Crippen molar-refractivity contribution in [2.75, 3.05) is 26.2 Å². The van der Waals surface area contributed by atoms with E-state index in [4.69, 9.17) is 4.52 Å². The lowest BCUT2D eigenvalue weighted by atomic mass is 9.96. The molecule has 0 saturated carbocycles. The fourth-order valence-electron chi connectivity index (χ4n) is 2.51. The number of aromatic nitrogens is 2. The molecule has 21 heavy (non-hydrogen) atoms. The van der Waals surface area contributed by atoms with E-state index in [9.17, 15) is 0 Å². The van der Waals surface area contributed by atoms with Gasteiger partial charge in [-0.3, -0.25) is 4.90 Å². The highest BCUT2D eigenvalue weighted by molar-refractivity contribution is 5.85. The summed E-state index contributed by atoms with van der Waals surface area (Å²) in [6.45, 7) is 13.7. The minimum Gasteiger partial charge on any atom is -0.338 e. The van der Waals surface area contributed by atoms with E-state index in [2.05, 4.69) is 48.1 Å². The maximum absolute atomic E-state index is 5.37. The molecular formula is C15H29ClN4O. The zero-order valence-corrected chi connectivity index (χ0v) is 14.5. The molecule has 1 aliphatic rings. The monoisotopic (exact) mass is 316 g/mol. The van der Waals surface area contributed by atoms with Gasteiger partial charge in [-0.05, 0) is 44.9 Å². The molecule has 5 nitrogen and oxygen atoms in total. The van der Waals surface area contributed by atoms with Crippen molar-refractivity contribution in [2.24, 2.45) is 5.92 Å². The van der Waals surface area contributed by atoms with Crippen LogP contribution in [-0.4, -0.2) is 41.2 Å². The lowest BCUT2D eigenvalue weighted by molar-refractivity contribution is 0.158. The van der Waals surface area contributed by atoms with Crippen LogP contribution < -0.4 is 5.32 Å². The molecule has 2 rings (SSSR count). The normalized spacial score (nSPS) is 17.7. The summed E-state index contributed by atoms with van der Waals surface area (Å²) in [6, 6.07) is 0. The summed E-state index contributed by atoms with van der Waals surface area (Å²) in [4.78, 5) is 6.93. The lowest BCUT2D eigenvalue weighted by Gasteiger charge is -2.30. The number of hydrogen-bond donors (Lipinski definition) is 1. The molecule has 1 fully saturated rings. The number of nitrogens with one attached hydrogen (secondary N) is 1. The summed E-state index contributed by atoms with van der Waals surface area (Å²) in [7, 11) is 0. The Morgan fingerprint density at radius 1 is 1.29 bits per heavy atom. The lowest BCUT2D eigenvalue weighted by Crippen LogP contribution is -2.36. The molecule has 122 valence electrons. The standard InChI is InChI=1S/C15H28N4O.ClH/c1-5-16-10-12-6-8-19(9-7-12)11-13-17-14(18-20-13)15(2,3)4;/h12,16H,5-11H2,1-4H3;1H. The number of hydrogen-bond acceptors (Lipinski definition) is 5. The average molecular weight is 317 g/mol. The fraction of sp³-hybridized carbons (Fsp3) is 0.867. The Balaban J connectivity index is 0.00000220. The van der Waals surface area contributed by atoms with Gasteiger partial charge in [-0.15, -0.1) is 12.4 Å². The predicted molar refractivity (Wildman–Crippen MR) is 86.8 cm³/mol. The van der Waals surface area contributed by atoms with Gasteiger partial charge in [0.25, 0.3) is 0 Å². The molecular weight excluding hydrogens is 288 g/mol. The van der Waals surface area contributed by atoms with E-state index in [1.807, 2.05) is 0 Å². The molecule has 1 N–H and O–H groups in total. The molecule has 1 aliphatic heterocycles. The minimum absolute atomic E-state index is 0. The van der Waals surface area contributed by atoms with E-state index in [0.29, 0.717) is 0 Å². The third kappa shape index (κ3) is 5.57. The first-order valence-electron chi connectivity index (χ1n) is 7.75. The maximum Gasteiger partial charge on any atom is 0.240 e. The van der Waals surface area contributed by atoms with Gasteiger partial charge < -0.3 is 9.84 Å². The van der Waals surface area contributed by atoms with Crippen LogP contribution in [0.4, 0.5) is 0 Å². The number of likely N-dealkylation sites (tertiary alicyclic amines) is 1. The van der Waals surface area contributed by atoms with Crippen molar-refractivity contribution in [2.45, 2.75) is 52.5 Å². The predicted octanol–water partition coefficient (Wildman–Crippen LogP) is 2.61. The van der Waals surface area contributed by atoms with Gasteiger partial charge in [0.05, 0.1) is 6.54 Å². The van der Waals surface area contributed by atoms with Crippen LogP contribution in [-0.2, 0) is 12.0 Å². The van der Waals surface area contributed by atoms with Gasteiger partial charge in [0.15, 0.2) is 5.82 Å². The second kappa shape index (κ2) is 8.11. The van der Waals surface area contributed by atoms with E-state index >= 15 is 0 Å². The first-order valence-corrected chi connectivity index (χ1v) is 7.75. The van der Waals surface area contributed by atoms with Crippen LogP contribution in [0.5, 0.6) is 0 Å². The van der Waals surface area contributed by atoms with Crippen LogP contribution in [0.25, 0.3) is 0 Å². The van der Waals surface area contributed by atoms with Gasteiger partial charge in [0.2, 0.25) is 5.89 Å². The van der Waals surface area contributed by atoms with Crippen LogP contribution in [0, 0.1) is 5.92 Å². The number of piperidine rings is 1. The molecule has 0 unspecified atom stereocenters. The molecule has 0 amide bonds. The van der Waals surface area contributed by atoms with Crippen LogP contribution in [0.3, 0.4) is 0 Å². The van der Waals surface area contributed by atoms with Gasteiger partial charge in [0, 0.05) is 5.41 Å². The van der Waals surface area contributed by atoms with Gasteiger partial charge >= 0.3 is 0 Å². The first-order chi connectivity index (χ1) is 9.49. The summed E-state index contributed by atoms with van der Waals surface area (Å²) in [6.07, 6.45) is 2.51. The van der Waals surface area contributed by atoms with Gasteiger partial charge in [-0.1, -0.05) is 32.9 Å². The highest BCUT2D eigenvalue weighted by atomic mass is 35.5. The summed E-state index contributed by atoms with van der Waals surface area (Å²) in [5.74, 6) is 2.37. The third-order valence-electron chi connectivity index (χ3n) is 3.89. The van der Waals surface area contributed by atoms with Gasteiger partial charge in [0.1, 0.15) is 0 Å². The van der Waals surface area contributed by atoms with E-state index in [0.717, 1.165) is 50.4 Å². The van der Waals surface area contributed by atoms with Crippen molar-refractivity contribution in [3.63, 3.8) is 0 Å². The highest BCUT2D eigenvalue weighted by Crippen LogP contribution is 2.21. The molecule has 2 heterocycles. The number of halogens is 1. The molecule has 0 spiro atoms. The van der Waals surface area contributed by atoms with E-state index in [-0.39, 0.29) is 17.8 Å². The average Bonchev–Trinajstić information content (AvgIpc) is 2.86. The van der Waals surface area contributed by atoms with Crippen LogP contribution >= 0.6 is 12.4 Å². The molecule has 1 aromatic heterocycles. The molecule has 0 radical (unpaired) electrons. The molecule has 1 aromatic rings. The van der Waals surface area contributed by atoms with Crippen LogP contribution in [0.15, 0.2) is 4.52 Å². The van der Waals surface area contributed by atoms with Gasteiger partial charge in [-0.25, -0.2) is 0 Å². The summed E-state index contributed by atoms with van der Waals surface area (Å²) < 4.78 is 5.37. The topological polar surface area (TPSA) is 54.2 Å². The Bertz CT molecular complexity index is 408. The maximum atomic E-state index is 5.37. The molecule has 0 aromatic carbocycles. The molecule has 0 aliphatic carbocycles. The highest BCUT2D eigenvalue weighted by Gasteiger charge is 2.23. The molecule has 0 atom stereocenters. The zero-order chi connectivity index (χ0) is 14.6. The van der Waals surface area contributed by atoms with Crippen molar-refractivity contribution in [1.29, 1.82) is 0 Å². The summed E-state index contributed by atoms with van der Waals surface area (Å²) >= 11 is 0. The van der Waals surface area contributed by atoms with Crippen molar-refractivity contribution in [3.8, 4) is 0 Å². The first kappa shape index (κ1) is 18.4. The molecule has 6 heteroatoms. The Kier molecular flexibility index (Phi) is 7.10. The summed E-state index contributed by atoms with van der Waals surface area (Å²) in [5.41, 5.74) is -0.0411. The molecule has 1 saturated heterocycles. The van der Waals surface area contributed by atoms with Gasteiger partial charge in [-0.2, -0.15) is 4.98 Å². The van der Waals surface area contributed by atoms with E-state index < -0.39 is 0 Å². The second-order valence-corrected chi connectivity index (χ2v) is 6.79. The summed E-state index contributed by atoms with van der Waals surface area (Å²) in [5, 5.41) is 7.53. The van der Waals surface area contributed by atoms with Crippen LogP contribution in [0.2, 0.25) is 0 Å². The Morgan fingerprint density at radius 2 is 1.95 bits per heavy atom. The van der Waals surface area contributed by atoms with Crippen molar-refractivity contribution >= 4 is 12.4 Å². The van der Waals surface area contributed by atoms with E-state index in [1.165, 1.54) is 12.8 Å². The Labute approximate surface area is 134 Å². The van der Waals surface area contributed by atoms with Crippen molar-refractivity contribution < 1.29 is 4.52 Å². The molecule has 0 bridgehead atoms. The van der Waals surface area contributed by atoms with Crippen LogP contribution in [0.1, 0.15) is 52.3 Å². The SMILES string of the molecule is CCNCC1CCN(Cc2nc(C(C)(C)C)no2)CC1.Cl. The third-order valence-corrected chi connectivity index (χ3v) is 3.89. The largest absolute Gasteiger partial charge is 0.338 e. The Hall–Kier alpha value is -0.650. The number of nitrogens with zero attached hydrogens (tertiary/aromatic N) is 3. The van der Waals surface area contributed by atoms with Crippen molar-refractivity contribution in [3.05, 3.63) is 11.7 Å². The minimum atomic E-state index is -0.0411. The number of rotatable bonds is 5. The van der Waals surface area contributed by atoms with Crippen molar-refractivity contribution in [1.82, 2.24) is 20.4 Å². The smallest absolute Gasteiger partial charge is 0.240 e. The second-order valence-electron chi connectivity index (χ2n) is 6.79. The Morgan fingerprint density at radius 3 is 2.48 bits per heavy atom. The van der Waals surface area contributed by atoms with E-state index in [1.54, 1.807) is 0 Å². The quantitative estimate of drug-likeness (QED) is 0.905. The fourth-order valence-corrected chi connectivity index (χ4v) is 2.51. The zero-order valence-electron chi connectivity index (χ0n) is 13.7.